The topological polar surface area (TPSA) is 61.4 Å². The summed E-state index contributed by atoms with van der Waals surface area (Å²) in [7, 11) is 0. The molecule has 3 aromatic rings. The van der Waals surface area contributed by atoms with Gasteiger partial charge >= 0.3 is 0 Å². The van der Waals surface area contributed by atoms with E-state index in [2.05, 4.69) is 21.8 Å². The van der Waals surface area contributed by atoms with E-state index in [4.69, 9.17) is 0 Å². The number of hydrogen-bond donors (Lipinski definition) is 2. The summed E-state index contributed by atoms with van der Waals surface area (Å²) in [4.78, 5) is 27.6. The number of carbonyl (C=O) groups is 2. The number of nitrogens with zero attached hydrogens (tertiary/aromatic N) is 1. The molecule has 2 amide bonds. The molecule has 1 heterocycles. The SMILES string of the molecule is O=C(CN1CCCc2ccccc21)NNC(=O)C(c1ccccc1)c1ccccc1. The highest BCUT2D eigenvalue weighted by atomic mass is 16.2. The second-order valence-corrected chi connectivity index (χ2v) is 7.45. The number of fused-ring (bicyclic) bond motifs is 1. The first kappa shape index (κ1) is 19.7. The second kappa shape index (κ2) is 9.27. The van der Waals surface area contributed by atoms with Gasteiger partial charge in [0.25, 0.3) is 5.91 Å². The summed E-state index contributed by atoms with van der Waals surface area (Å²) >= 11 is 0. The van der Waals surface area contributed by atoms with Gasteiger partial charge in [0.1, 0.15) is 0 Å². The summed E-state index contributed by atoms with van der Waals surface area (Å²) in [6, 6.07) is 27.3. The third-order valence-corrected chi connectivity index (χ3v) is 5.39. The Morgan fingerprint density at radius 2 is 1.40 bits per heavy atom. The predicted molar refractivity (Wildman–Crippen MR) is 118 cm³/mol. The van der Waals surface area contributed by atoms with E-state index >= 15 is 0 Å². The number of benzene rings is 3. The largest absolute Gasteiger partial charge is 0.362 e. The standard InChI is InChI=1S/C25H25N3O2/c29-23(18-28-17-9-15-19-10-7-8-16-22(19)28)26-27-25(30)24(20-11-3-1-4-12-20)21-13-5-2-6-14-21/h1-8,10-14,16,24H,9,15,17-18H2,(H,26,29)(H,27,30). The Morgan fingerprint density at radius 3 is 2.07 bits per heavy atom. The van der Waals surface area contributed by atoms with Gasteiger partial charge in [-0.3, -0.25) is 20.4 Å². The molecule has 152 valence electrons. The molecule has 0 saturated heterocycles. The summed E-state index contributed by atoms with van der Waals surface area (Å²) in [6.07, 6.45) is 2.04. The predicted octanol–water partition coefficient (Wildman–Crippen LogP) is 3.42. The fourth-order valence-electron chi connectivity index (χ4n) is 3.98. The highest BCUT2D eigenvalue weighted by Crippen LogP contribution is 2.26. The number of rotatable bonds is 5. The van der Waals surface area contributed by atoms with Crippen LogP contribution in [-0.4, -0.2) is 24.9 Å². The Bertz CT molecular complexity index is 966. The number of anilines is 1. The molecule has 5 heteroatoms. The lowest BCUT2D eigenvalue weighted by Crippen LogP contribution is -2.48. The zero-order valence-electron chi connectivity index (χ0n) is 16.8. The monoisotopic (exact) mass is 399 g/mol. The number of para-hydroxylation sites is 1. The van der Waals surface area contributed by atoms with Crippen molar-refractivity contribution in [1.82, 2.24) is 10.9 Å². The van der Waals surface area contributed by atoms with Gasteiger partial charge in [-0.25, -0.2) is 0 Å². The quantitative estimate of drug-likeness (QED) is 0.647. The highest BCUT2D eigenvalue weighted by Gasteiger charge is 2.24. The maximum atomic E-state index is 13.0. The molecule has 3 aromatic carbocycles. The molecular weight excluding hydrogens is 374 g/mol. The van der Waals surface area contributed by atoms with Crippen molar-refractivity contribution in [1.29, 1.82) is 0 Å². The molecule has 0 bridgehead atoms. The maximum Gasteiger partial charge on any atom is 0.257 e. The lowest BCUT2D eigenvalue weighted by molar-refractivity contribution is -0.128. The fourth-order valence-corrected chi connectivity index (χ4v) is 3.98. The van der Waals surface area contributed by atoms with Crippen LogP contribution in [0, 0.1) is 0 Å². The van der Waals surface area contributed by atoms with Crippen molar-refractivity contribution >= 4 is 17.5 Å². The van der Waals surface area contributed by atoms with Crippen LogP contribution in [0.2, 0.25) is 0 Å². The average Bonchev–Trinajstić information content (AvgIpc) is 2.80. The zero-order chi connectivity index (χ0) is 20.8. The molecule has 0 spiro atoms. The molecule has 0 radical (unpaired) electrons. The highest BCUT2D eigenvalue weighted by molar-refractivity contribution is 5.90. The van der Waals surface area contributed by atoms with E-state index in [0.717, 1.165) is 36.2 Å². The van der Waals surface area contributed by atoms with Crippen LogP contribution in [0.3, 0.4) is 0 Å². The smallest absolute Gasteiger partial charge is 0.257 e. The van der Waals surface area contributed by atoms with Gasteiger partial charge in [-0.15, -0.1) is 0 Å². The van der Waals surface area contributed by atoms with E-state index in [-0.39, 0.29) is 18.4 Å². The van der Waals surface area contributed by atoms with Gasteiger partial charge in [-0.05, 0) is 35.6 Å². The number of aryl methyl sites for hydroxylation is 1. The summed E-state index contributed by atoms with van der Waals surface area (Å²) in [5, 5.41) is 0. The van der Waals surface area contributed by atoms with Gasteiger partial charge in [0, 0.05) is 12.2 Å². The number of amides is 2. The first-order valence-electron chi connectivity index (χ1n) is 10.2. The van der Waals surface area contributed by atoms with Gasteiger partial charge in [-0.2, -0.15) is 0 Å². The number of hydrogen-bond acceptors (Lipinski definition) is 3. The van der Waals surface area contributed by atoms with Gasteiger partial charge in [-0.1, -0.05) is 78.9 Å². The van der Waals surface area contributed by atoms with E-state index in [0.29, 0.717) is 0 Å². The molecule has 2 N–H and O–H groups in total. The van der Waals surface area contributed by atoms with E-state index in [1.54, 1.807) is 0 Å². The summed E-state index contributed by atoms with van der Waals surface area (Å²) in [5.41, 5.74) is 9.33. The minimum absolute atomic E-state index is 0.207. The number of nitrogens with one attached hydrogen (secondary N) is 2. The zero-order valence-corrected chi connectivity index (χ0v) is 16.8. The molecule has 5 nitrogen and oxygen atoms in total. The van der Waals surface area contributed by atoms with E-state index in [1.165, 1.54) is 5.56 Å². The minimum Gasteiger partial charge on any atom is -0.362 e. The molecule has 1 aliphatic heterocycles. The van der Waals surface area contributed by atoms with Crippen LogP contribution in [0.5, 0.6) is 0 Å². The lowest BCUT2D eigenvalue weighted by atomic mass is 9.91. The van der Waals surface area contributed by atoms with Crippen molar-refractivity contribution in [2.75, 3.05) is 18.0 Å². The number of carbonyl (C=O) groups excluding carboxylic acids is 2. The van der Waals surface area contributed by atoms with Gasteiger partial charge in [0.05, 0.1) is 12.5 Å². The second-order valence-electron chi connectivity index (χ2n) is 7.45. The van der Waals surface area contributed by atoms with Gasteiger partial charge in [0.2, 0.25) is 5.91 Å². The van der Waals surface area contributed by atoms with Crippen LogP contribution < -0.4 is 15.8 Å². The van der Waals surface area contributed by atoms with Crippen LogP contribution >= 0.6 is 0 Å². The van der Waals surface area contributed by atoms with Crippen LogP contribution in [0.15, 0.2) is 84.9 Å². The fraction of sp³-hybridized carbons (Fsp3) is 0.200. The molecule has 30 heavy (non-hydrogen) atoms. The molecule has 0 unspecified atom stereocenters. The van der Waals surface area contributed by atoms with Crippen LogP contribution in [-0.2, 0) is 16.0 Å². The van der Waals surface area contributed by atoms with Crippen molar-refractivity contribution in [2.45, 2.75) is 18.8 Å². The Morgan fingerprint density at radius 1 is 0.800 bits per heavy atom. The molecular formula is C25H25N3O2. The van der Waals surface area contributed by atoms with Crippen molar-refractivity contribution < 1.29 is 9.59 Å². The van der Waals surface area contributed by atoms with E-state index in [9.17, 15) is 9.59 Å². The lowest BCUT2D eigenvalue weighted by Gasteiger charge is -2.30. The van der Waals surface area contributed by atoms with Gasteiger partial charge in [0.15, 0.2) is 0 Å². The Hall–Kier alpha value is -3.60. The molecule has 4 rings (SSSR count). The van der Waals surface area contributed by atoms with E-state index < -0.39 is 5.92 Å². The van der Waals surface area contributed by atoms with Crippen molar-refractivity contribution in [3.05, 3.63) is 102 Å². The molecule has 1 aliphatic rings. The number of hydrazine groups is 1. The Balaban J connectivity index is 1.42. The summed E-state index contributed by atoms with van der Waals surface area (Å²) < 4.78 is 0. The summed E-state index contributed by atoms with van der Waals surface area (Å²) in [5.74, 6) is -0.997. The van der Waals surface area contributed by atoms with Crippen molar-refractivity contribution in [2.24, 2.45) is 0 Å². The molecule has 0 saturated carbocycles. The first-order chi connectivity index (χ1) is 14.7. The minimum atomic E-state index is -0.497. The average molecular weight is 399 g/mol. The van der Waals surface area contributed by atoms with Gasteiger partial charge < -0.3 is 4.90 Å². The van der Waals surface area contributed by atoms with Crippen LogP contribution in [0.1, 0.15) is 29.0 Å². The molecule has 0 fully saturated rings. The Labute approximate surface area is 176 Å². The normalized spacial score (nSPS) is 12.9. The van der Waals surface area contributed by atoms with E-state index in [1.807, 2.05) is 78.9 Å². The summed E-state index contributed by atoms with van der Waals surface area (Å²) in [6.45, 7) is 1.04. The third kappa shape index (κ3) is 4.51. The van der Waals surface area contributed by atoms with Crippen molar-refractivity contribution in [3.63, 3.8) is 0 Å². The Kier molecular flexibility index (Phi) is 6.09. The maximum absolute atomic E-state index is 13.0. The third-order valence-electron chi connectivity index (χ3n) is 5.39. The molecule has 0 aromatic heterocycles. The molecule has 0 aliphatic carbocycles. The van der Waals surface area contributed by atoms with Crippen LogP contribution in [0.25, 0.3) is 0 Å². The molecule has 0 atom stereocenters. The van der Waals surface area contributed by atoms with Crippen LogP contribution in [0.4, 0.5) is 5.69 Å². The first-order valence-corrected chi connectivity index (χ1v) is 10.2. The van der Waals surface area contributed by atoms with Crippen molar-refractivity contribution in [3.8, 4) is 0 Å².